The van der Waals surface area contributed by atoms with Crippen LogP contribution >= 0.6 is 0 Å². The van der Waals surface area contributed by atoms with Crippen LogP contribution in [-0.4, -0.2) is 20.2 Å². The van der Waals surface area contributed by atoms with Crippen LogP contribution in [0.15, 0.2) is 42.5 Å². The van der Waals surface area contributed by atoms with E-state index >= 15 is 0 Å². The van der Waals surface area contributed by atoms with Gasteiger partial charge in [0, 0.05) is 16.9 Å². The summed E-state index contributed by atoms with van der Waals surface area (Å²) in [6.07, 6.45) is 0. The van der Waals surface area contributed by atoms with E-state index in [0.717, 1.165) is 0 Å². The van der Waals surface area contributed by atoms with E-state index in [-0.39, 0.29) is 5.69 Å². The van der Waals surface area contributed by atoms with Crippen LogP contribution in [0.25, 0.3) is 17.1 Å². The fourth-order valence-corrected chi connectivity index (χ4v) is 1.96. The van der Waals surface area contributed by atoms with E-state index in [4.69, 9.17) is 11.5 Å². The van der Waals surface area contributed by atoms with Crippen LogP contribution in [0.2, 0.25) is 0 Å². The minimum Gasteiger partial charge on any atom is -0.399 e. The van der Waals surface area contributed by atoms with Crippen molar-refractivity contribution >= 4 is 11.4 Å². The summed E-state index contributed by atoms with van der Waals surface area (Å²) >= 11 is 0. The van der Waals surface area contributed by atoms with Crippen LogP contribution in [0, 0.1) is 5.82 Å². The summed E-state index contributed by atoms with van der Waals surface area (Å²) < 4.78 is 15.2. The number of aromatic nitrogens is 4. The third kappa shape index (κ3) is 2.05. The van der Waals surface area contributed by atoms with Crippen molar-refractivity contribution in [1.29, 1.82) is 0 Å². The van der Waals surface area contributed by atoms with Crippen LogP contribution in [-0.2, 0) is 0 Å². The summed E-state index contributed by atoms with van der Waals surface area (Å²) in [5, 5.41) is 11.3. The monoisotopic (exact) mass is 270 g/mol. The van der Waals surface area contributed by atoms with E-state index in [1.54, 1.807) is 36.4 Å². The zero-order valence-corrected chi connectivity index (χ0v) is 10.4. The van der Waals surface area contributed by atoms with Gasteiger partial charge in [0.2, 0.25) is 0 Å². The van der Waals surface area contributed by atoms with Gasteiger partial charge >= 0.3 is 0 Å². The second kappa shape index (κ2) is 4.61. The molecule has 0 fully saturated rings. The zero-order valence-electron chi connectivity index (χ0n) is 10.4. The summed E-state index contributed by atoms with van der Waals surface area (Å²) in [6.45, 7) is 0. The van der Waals surface area contributed by atoms with E-state index in [9.17, 15) is 4.39 Å². The number of tetrazole rings is 1. The Morgan fingerprint density at radius 3 is 2.40 bits per heavy atom. The largest absolute Gasteiger partial charge is 0.399 e. The lowest BCUT2D eigenvalue weighted by atomic mass is 10.1. The van der Waals surface area contributed by atoms with Crippen molar-refractivity contribution < 1.29 is 4.39 Å². The first-order chi connectivity index (χ1) is 9.65. The Hall–Kier alpha value is -2.96. The Kier molecular flexibility index (Phi) is 2.79. The Balaban J connectivity index is 2.18. The molecule has 2 aromatic carbocycles. The highest BCUT2D eigenvalue weighted by Gasteiger charge is 2.14. The first kappa shape index (κ1) is 12.1. The first-order valence-electron chi connectivity index (χ1n) is 5.85. The average molecular weight is 270 g/mol. The van der Waals surface area contributed by atoms with Gasteiger partial charge in [-0.1, -0.05) is 12.1 Å². The lowest BCUT2D eigenvalue weighted by Gasteiger charge is -2.07. The van der Waals surface area contributed by atoms with Crippen LogP contribution in [0.1, 0.15) is 0 Å². The predicted octanol–water partition coefficient (Wildman–Crippen LogP) is 1.63. The van der Waals surface area contributed by atoms with Gasteiger partial charge in [-0.25, -0.2) is 4.39 Å². The molecule has 100 valence electrons. The van der Waals surface area contributed by atoms with Crippen LogP contribution < -0.4 is 11.5 Å². The number of nitrogen functional groups attached to an aromatic ring is 2. The maximum absolute atomic E-state index is 13.8. The number of para-hydroxylation sites is 1. The van der Waals surface area contributed by atoms with Crippen molar-refractivity contribution in [3.8, 4) is 17.1 Å². The molecule has 0 unspecified atom stereocenters. The first-order valence-corrected chi connectivity index (χ1v) is 5.85. The van der Waals surface area contributed by atoms with Crippen molar-refractivity contribution in [3.05, 3.63) is 48.3 Å². The number of hydrogen-bond donors (Lipinski definition) is 2. The third-order valence-corrected chi connectivity index (χ3v) is 2.79. The second-order valence-corrected chi connectivity index (χ2v) is 4.25. The third-order valence-electron chi connectivity index (χ3n) is 2.79. The maximum atomic E-state index is 13.8. The summed E-state index contributed by atoms with van der Waals surface area (Å²) in [7, 11) is 0. The Bertz CT molecular complexity index is 747. The summed E-state index contributed by atoms with van der Waals surface area (Å²) in [6, 6.07) is 11.2. The van der Waals surface area contributed by atoms with Crippen molar-refractivity contribution in [2.24, 2.45) is 0 Å². The number of anilines is 2. The van der Waals surface area contributed by atoms with E-state index in [1.807, 2.05) is 0 Å². The fraction of sp³-hybridized carbons (Fsp3) is 0. The SMILES string of the molecule is Nc1cc(N)cc(-c2nnnn2-c2ccccc2F)c1. The van der Waals surface area contributed by atoms with Gasteiger partial charge in [-0.2, -0.15) is 4.68 Å². The van der Waals surface area contributed by atoms with E-state index < -0.39 is 5.82 Å². The highest BCUT2D eigenvalue weighted by Crippen LogP contribution is 2.25. The molecular weight excluding hydrogens is 259 g/mol. The quantitative estimate of drug-likeness (QED) is 0.690. The minimum atomic E-state index is -0.419. The molecule has 1 heterocycles. The number of nitrogens with zero attached hydrogens (tertiary/aromatic N) is 4. The van der Waals surface area contributed by atoms with Crippen molar-refractivity contribution in [1.82, 2.24) is 20.2 Å². The molecule has 0 aliphatic heterocycles. The molecule has 0 aliphatic rings. The van der Waals surface area contributed by atoms with E-state index in [1.165, 1.54) is 10.7 Å². The molecule has 20 heavy (non-hydrogen) atoms. The van der Waals surface area contributed by atoms with Gasteiger partial charge in [-0.3, -0.25) is 0 Å². The second-order valence-electron chi connectivity index (χ2n) is 4.25. The Morgan fingerprint density at radius 2 is 1.70 bits per heavy atom. The topological polar surface area (TPSA) is 95.6 Å². The molecule has 0 bridgehead atoms. The summed E-state index contributed by atoms with van der Waals surface area (Å²) in [5.74, 6) is -0.0491. The van der Waals surface area contributed by atoms with Gasteiger partial charge < -0.3 is 11.5 Å². The van der Waals surface area contributed by atoms with E-state index in [2.05, 4.69) is 15.5 Å². The number of halogens is 1. The zero-order chi connectivity index (χ0) is 14.1. The number of nitrogens with two attached hydrogens (primary N) is 2. The highest BCUT2D eigenvalue weighted by atomic mass is 19.1. The number of benzene rings is 2. The maximum Gasteiger partial charge on any atom is 0.187 e. The predicted molar refractivity (Wildman–Crippen MR) is 73.4 cm³/mol. The molecule has 3 aromatic rings. The smallest absolute Gasteiger partial charge is 0.187 e. The number of rotatable bonds is 2. The fourth-order valence-electron chi connectivity index (χ4n) is 1.96. The van der Waals surface area contributed by atoms with Crippen molar-refractivity contribution in [3.63, 3.8) is 0 Å². The molecule has 7 heteroatoms. The van der Waals surface area contributed by atoms with Gasteiger partial charge in [-0.05, 0) is 40.8 Å². The molecule has 0 saturated carbocycles. The molecule has 0 atom stereocenters. The summed E-state index contributed by atoms with van der Waals surface area (Å²) in [5.41, 5.74) is 13.4. The molecule has 0 radical (unpaired) electrons. The normalized spacial score (nSPS) is 10.7. The summed E-state index contributed by atoms with van der Waals surface area (Å²) in [4.78, 5) is 0. The Labute approximate surface area is 113 Å². The Morgan fingerprint density at radius 1 is 1.00 bits per heavy atom. The molecule has 0 amide bonds. The lowest BCUT2D eigenvalue weighted by Crippen LogP contribution is -2.03. The molecule has 3 rings (SSSR count). The molecular formula is C13H11FN6. The average Bonchev–Trinajstić information content (AvgIpc) is 2.87. The van der Waals surface area contributed by atoms with Crippen LogP contribution in [0.3, 0.4) is 0 Å². The van der Waals surface area contributed by atoms with E-state index in [0.29, 0.717) is 22.8 Å². The lowest BCUT2D eigenvalue weighted by molar-refractivity contribution is 0.608. The molecule has 0 aliphatic carbocycles. The van der Waals surface area contributed by atoms with Crippen molar-refractivity contribution in [2.45, 2.75) is 0 Å². The molecule has 6 nitrogen and oxygen atoms in total. The minimum absolute atomic E-state index is 0.258. The standard InChI is InChI=1S/C13H11FN6/c14-11-3-1-2-4-12(11)20-13(17-18-19-20)8-5-9(15)7-10(16)6-8/h1-7H,15-16H2. The van der Waals surface area contributed by atoms with Gasteiger partial charge in [0.1, 0.15) is 11.5 Å². The van der Waals surface area contributed by atoms with Gasteiger partial charge in [0.25, 0.3) is 0 Å². The molecule has 0 saturated heterocycles. The van der Waals surface area contributed by atoms with Crippen LogP contribution in [0.5, 0.6) is 0 Å². The van der Waals surface area contributed by atoms with Crippen molar-refractivity contribution in [2.75, 3.05) is 11.5 Å². The van der Waals surface area contributed by atoms with Gasteiger partial charge in [0.15, 0.2) is 5.82 Å². The van der Waals surface area contributed by atoms with Crippen LogP contribution in [0.4, 0.5) is 15.8 Å². The number of hydrogen-bond acceptors (Lipinski definition) is 5. The molecule has 0 spiro atoms. The molecule has 1 aromatic heterocycles. The highest BCUT2D eigenvalue weighted by molar-refractivity contribution is 5.68. The molecule has 4 N–H and O–H groups in total. The van der Waals surface area contributed by atoms with Gasteiger partial charge in [0.05, 0.1) is 0 Å². The van der Waals surface area contributed by atoms with Gasteiger partial charge in [-0.15, -0.1) is 5.10 Å².